The second kappa shape index (κ2) is 6.31. The number of amides is 1. The Morgan fingerprint density at radius 1 is 1.24 bits per heavy atom. The number of carbonyl (C=O) groups is 1. The molecular formula is C18H24N4O3. The van der Waals surface area contributed by atoms with Gasteiger partial charge in [-0.1, -0.05) is 18.2 Å². The normalized spacial score (nSPS) is 15.0. The maximum absolute atomic E-state index is 12.0. The quantitative estimate of drug-likeness (QED) is 0.926. The van der Waals surface area contributed by atoms with Gasteiger partial charge in [0.1, 0.15) is 17.5 Å². The Balaban J connectivity index is 1.63. The summed E-state index contributed by atoms with van der Waals surface area (Å²) < 4.78 is 12.9. The van der Waals surface area contributed by atoms with Crippen molar-refractivity contribution in [2.45, 2.75) is 39.4 Å². The van der Waals surface area contributed by atoms with E-state index in [0.717, 1.165) is 11.3 Å². The molecule has 1 aromatic carbocycles. The van der Waals surface area contributed by atoms with Crippen LogP contribution >= 0.6 is 0 Å². The minimum absolute atomic E-state index is 0.107. The Bertz CT molecular complexity index is 759. The van der Waals surface area contributed by atoms with E-state index in [9.17, 15) is 4.79 Å². The van der Waals surface area contributed by atoms with Crippen LogP contribution in [0.15, 0.2) is 30.3 Å². The van der Waals surface area contributed by atoms with E-state index in [4.69, 9.17) is 15.2 Å². The number of nitrogen functional groups attached to an aromatic ring is 1. The van der Waals surface area contributed by atoms with Crippen molar-refractivity contribution >= 4 is 11.9 Å². The van der Waals surface area contributed by atoms with Gasteiger partial charge in [0.05, 0.1) is 24.3 Å². The fourth-order valence-electron chi connectivity index (χ4n) is 2.51. The Morgan fingerprint density at radius 2 is 1.88 bits per heavy atom. The molecule has 1 aliphatic heterocycles. The number of benzene rings is 1. The van der Waals surface area contributed by atoms with Gasteiger partial charge < -0.3 is 20.1 Å². The van der Waals surface area contributed by atoms with Crippen molar-refractivity contribution in [3.8, 4) is 11.6 Å². The first kappa shape index (κ1) is 17.1. The molecule has 3 rings (SSSR count). The molecule has 25 heavy (non-hydrogen) atoms. The highest BCUT2D eigenvalue weighted by Gasteiger charge is 2.36. The molecule has 2 heterocycles. The Hall–Kier alpha value is -2.70. The zero-order chi connectivity index (χ0) is 18.2. The first-order valence-corrected chi connectivity index (χ1v) is 8.29. The van der Waals surface area contributed by atoms with Gasteiger partial charge in [-0.15, -0.1) is 5.10 Å². The summed E-state index contributed by atoms with van der Waals surface area (Å²) in [6, 6.07) is 9.65. The second-order valence-electron chi connectivity index (χ2n) is 7.19. The molecule has 134 valence electrons. The molecule has 0 aliphatic carbocycles. The van der Waals surface area contributed by atoms with Crippen LogP contribution in [0.25, 0.3) is 5.69 Å². The standard InChI is InChI=1S/C18H24N4O3/c1-12-15(19)22(13-8-6-5-7-9-13)20-16(12)24-14-10-21(11-14)17(23)25-18(2,3)4/h5-9,14H,10-11,19H2,1-4H3. The van der Waals surface area contributed by atoms with Crippen molar-refractivity contribution in [3.05, 3.63) is 35.9 Å². The van der Waals surface area contributed by atoms with Gasteiger partial charge in [-0.25, -0.2) is 9.48 Å². The van der Waals surface area contributed by atoms with Crippen LogP contribution < -0.4 is 10.5 Å². The van der Waals surface area contributed by atoms with E-state index < -0.39 is 5.60 Å². The number of rotatable bonds is 3. The molecule has 1 fully saturated rings. The molecule has 1 aromatic heterocycles. The molecule has 1 amide bonds. The van der Waals surface area contributed by atoms with Gasteiger partial charge in [-0.2, -0.15) is 0 Å². The van der Waals surface area contributed by atoms with Crippen molar-refractivity contribution in [3.63, 3.8) is 0 Å². The molecule has 2 aromatic rings. The van der Waals surface area contributed by atoms with E-state index in [1.165, 1.54) is 0 Å². The van der Waals surface area contributed by atoms with Crippen molar-refractivity contribution in [1.82, 2.24) is 14.7 Å². The van der Waals surface area contributed by atoms with E-state index in [2.05, 4.69) is 5.10 Å². The summed E-state index contributed by atoms with van der Waals surface area (Å²) in [6.45, 7) is 8.38. The molecule has 7 heteroatoms. The fraction of sp³-hybridized carbons (Fsp3) is 0.444. The summed E-state index contributed by atoms with van der Waals surface area (Å²) >= 11 is 0. The lowest BCUT2D eigenvalue weighted by Crippen LogP contribution is -2.57. The van der Waals surface area contributed by atoms with Gasteiger partial charge in [0, 0.05) is 0 Å². The van der Waals surface area contributed by atoms with Crippen LogP contribution in [-0.4, -0.2) is 45.6 Å². The summed E-state index contributed by atoms with van der Waals surface area (Å²) in [5.74, 6) is 1.04. The minimum Gasteiger partial charge on any atom is -0.469 e. The van der Waals surface area contributed by atoms with Crippen LogP contribution in [0, 0.1) is 6.92 Å². The third kappa shape index (κ3) is 3.70. The number of hydrogen-bond acceptors (Lipinski definition) is 5. The Labute approximate surface area is 147 Å². The lowest BCUT2D eigenvalue weighted by atomic mass is 10.1. The van der Waals surface area contributed by atoms with Gasteiger partial charge in [-0.3, -0.25) is 0 Å². The number of hydrogen-bond donors (Lipinski definition) is 1. The molecule has 0 atom stereocenters. The average Bonchev–Trinajstić information content (AvgIpc) is 2.77. The van der Waals surface area contributed by atoms with Crippen LogP contribution in [0.1, 0.15) is 26.3 Å². The zero-order valence-electron chi connectivity index (χ0n) is 15.0. The molecule has 7 nitrogen and oxygen atoms in total. The zero-order valence-corrected chi connectivity index (χ0v) is 15.0. The average molecular weight is 344 g/mol. The Morgan fingerprint density at radius 3 is 2.48 bits per heavy atom. The predicted octanol–water partition coefficient (Wildman–Crippen LogP) is 2.76. The molecular weight excluding hydrogens is 320 g/mol. The van der Waals surface area contributed by atoms with E-state index >= 15 is 0 Å². The summed E-state index contributed by atoms with van der Waals surface area (Å²) in [6.07, 6.45) is -0.428. The number of likely N-dealkylation sites (tertiary alicyclic amines) is 1. The molecule has 1 aliphatic rings. The number of carbonyl (C=O) groups excluding carboxylic acids is 1. The summed E-state index contributed by atoms with van der Waals surface area (Å²) in [4.78, 5) is 13.6. The van der Waals surface area contributed by atoms with Crippen LogP contribution in [0.5, 0.6) is 5.88 Å². The number of anilines is 1. The molecule has 0 bridgehead atoms. The highest BCUT2D eigenvalue weighted by Crippen LogP contribution is 2.28. The van der Waals surface area contributed by atoms with Crippen molar-refractivity contribution < 1.29 is 14.3 Å². The molecule has 2 N–H and O–H groups in total. The highest BCUT2D eigenvalue weighted by atomic mass is 16.6. The lowest BCUT2D eigenvalue weighted by molar-refractivity contribution is -0.0234. The van der Waals surface area contributed by atoms with Crippen LogP contribution in [0.4, 0.5) is 10.6 Å². The van der Waals surface area contributed by atoms with Crippen LogP contribution in [0.3, 0.4) is 0 Å². The molecule has 1 saturated heterocycles. The van der Waals surface area contributed by atoms with Crippen LogP contribution in [0.2, 0.25) is 0 Å². The van der Waals surface area contributed by atoms with Gasteiger partial charge in [0.25, 0.3) is 0 Å². The van der Waals surface area contributed by atoms with Crippen molar-refractivity contribution in [2.24, 2.45) is 0 Å². The number of ether oxygens (including phenoxy) is 2. The second-order valence-corrected chi connectivity index (χ2v) is 7.19. The maximum atomic E-state index is 12.0. The van der Waals surface area contributed by atoms with E-state index in [1.54, 1.807) is 9.58 Å². The first-order chi connectivity index (χ1) is 11.7. The van der Waals surface area contributed by atoms with Gasteiger partial charge in [0.2, 0.25) is 5.88 Å². The van der Waals surface area contributed by atoms with Crippen molar-refractivity contribution in [2.75, 3.05) is 18.8 Å². The van der Waals surface area contributed by atoms with Gasteiger partial charge >= 0.3 is 6.09 Å². The lowest BCUT2D eigenvalue weighted by Gasteiger charge is -2.39. The summed E-state index contributed by atoms with van der Waals surface area (Å²) in [7, 11) is 0. The summed E-state index contributed by atoms with van der Waals surface area (Å²) in [5, 5.41) is 4.47. The minimum atomic E-state index is -0.497. The number of aromatic nitrogens is 2. The fourth-order valence-corrected chi connectivity index (χ4v) is 2.51. The Kier molecular flexibility index (Phi) is 4.32. The number of nitrogens with zero attached hydrogens (tertiary/aromatic N) is 3. The third-order valence-electron chi connectivity index (χ3n) is 3.90. The molecule has 0 unspecified atom stereocenters. The topological polar surface area (TPSA) is 82.6 Å². The SMILES string of the molecule is Cc1c(OC2CN(C(=O)OC(C)(C)C)C2)nn(-c2ccccc2)c1N. The monoisotopic (exact) mass is 344 g/mol. The van der Waals surface area contributed by atoms with Gasteiger partial charge in [0.15, 0.2) is 0 Å². The molecule has 0 spiro atoms. The number of nitrogens with two attached hydrogens (primary N) is 1. The largest absolute Gasteiger partial charge is 0.469 e. The first-order valence-electron chi connectivity index (χ1n) is 8.29. The van der Waals surface area contributed by atoms with Crippen molar-refractivity contribution in [1.29, 1.82) is 0 Å². The predicted molar refractivity (Wildman–Crippen MR) is 94.9 cm³/mol. The van der Waals surface area contributed by atoms with E-state index in [-0.39, 0.29) is 12.2 Å². The van der Waals surface area contributed by atoms with E-state index in [1.807, 2.05) is 58.0 Å². The highest BCUT2D eigenvalue weighted by molar-refractivity contribution is 5.69. The van der Waals surface area contributed by atoms with Gasteiger partial charge in [-0.05, 0) is 39.8 Å². The van der Waals surface area contributed by atoms with E-state index in [0.29, 0.717) is 24.8 Å². The third-order valence-corrected chi connectivity index (χ3v) is 3.90. The van der Waals surface area contributed by atoms with Crippen LogP contribution in [-0.2, 0) is 4.74 Å². The number of para-hydroxylation sites is 1. The maximum Gasteiger partial charge on any atom is 0.410 e. The molecule has 0 saturated carbocycles. The summed E-state index contributed by atoms with van der Waals surface area (Å²) in [5.41, 5.74) is 7.32. The smallest absolute Gasteiger partial charge is 0.410 e. The molecule has 0 radical (unpaired) electrons.